The summed E-state index contributed by atoms with van der Waals surface area (Å²) in [6, 6.07) is 22.6. The van der Waals surface area contributed by atoms with Gasteiger partial charge < -0.3 is 9.73 Å². The Morgan fingerprint density at radius 3 is 2.58 bits per heavy atom. The molecule has 0 saturated heterocycles. The van der Waals surface area contributed by atoms with E-state index in [-0.39, 0.29) is 17.6 Å². The van der Waals surface area contributed by atoms with Crippen molar-refractivity contribution in [3.05, 3.63) is 119 Å². The molecule has 2 heterocycles. The topological polar surface area (TPSA) is 71.3 Å². The molecule has 1 amide bonds. The number of nitrogens with one attached hydrogen (secondary N) is 1. The quantitative estimate of drug-likeness (QED) is 0.393. The molecule has 2 aromatic heterocycles. The number of oxazole rings is 1. The Labute approximate surface area is 194 Å². The number of amides is 1. The summed E-state index contributed by atoms with van der Waals surface area (Å²) in [5.74, 6) is 0.244. The smallest absolute Gasteiger partial charge is 0.273 e. The summed E-state index contributed by atoms with van der Waals surface area (Å²) in [4.78, 5) is 23.4. The Morgan fingerprint density at radius 1 is 1.03 bits per heavy atom. The number of hydrogen-bond acceptors (Lipinski definition) is 5. The fourth-order valence-corrected chi connectivity index (χ4v) is 3.72. The zero-order valence-corrected chi connectivity index (χ0v) is 18.9. The van der Waals surface area contributed by atoms with Gasteiger partial charge in [0.2, 0.25) is 5.89 Å². The number of aromatic nitrogens is 2. The van der Waals surface area contributed by atoms with E-state index in [1.54, 1.807) is 12.4 Å². The molecule has 1 N–H and O–H groups in total. The van der Waals surface area contributed by atoms with Crippen LogP contribution in [-0.4, -0.2) is 20.8 Å². The molecule has 0 saturated carbocycles. The lowest BCUT2D eigenvalue weighted by atomic mass is 10.0. The SMILES string of the molecule is Cc1ccccc1CN(Cc1nc(C(=O)NCc2cccnc2)co1)[C@@H](C)c1ccccc1. The summed E-state index contributed by atoms with van der Waals surface area (Å²) in [5.41, 5.74) is 4.91. The zero-order chi connectivity index (χ0) is 23.0. The normalized spacial score (nSPS) is 12.0. The summed E-state index contributed by atoms with van der Waals surface area (Å²) in [6.45, 7) is 5.92. The van der Waals surface area contributed by atoms with Gasteiger partial charge in [-0.3, -0.25) is 14.7 Å². The number of carbonyl (C=O) groups excluding carboxylic acids is 1. The van der Waals surface area contributed by atoms with Crippen LogP contribution in [0.3, 0.4) is 0 Å². The number of aryl methyl sites for hydroxylation is 1. The Hall–Kier alpha value is -3.77. The van der Waals surface area contributed by atoms with E-state index < -0.39 is 0 Å². The molecule has 33 heavy (non-hydrogen) atoms. The summed E-state index contributed by atoms with van der Waals surface area (Å²) in [5, 5.41) is 2.86. The molecule has 0 bridgehead atoms. The first kappa shape index (κ1) is 22.4. The van der Waals surface area contributed by atoms with Gasteiger partial charge in [-0.1, -0.05) is 60.7 Å². The van der Waals surface area contributed by atoms with Gasteiger partial charge in [0.1, 0.15) is 6.26 Å². The Kier molecular flexibility index (Phi) is 7.27. The molecule has 6 heteroatoms. The van der Waals surface area contributed by atoms with Gasteiger partial charge in [0.05, 0.1) is 6.54 Å². The number of carbonyl (C=O) groups is 1. The first-order valence-corrected chi connectivity index (χ1v) is 11.0. The maximum absolute atomic E-state index is 12.5. The van der Waals surface area contributed by atoms with Gasteiger partial charge >= 0.3 is 0 Å². The van der Waals surface area contributed by atoms with E-state index in [9.17, 15) is 4.79 Å². The maximum Gasteiger partial charge on any atom is 0.273 e. The predicted molar refractivity (Wildman–Crippen MR) is 127 cm³/mol. The van der Waals surface area contributed by atoms with Gasteiger partial charge in [0.15, 0.2) is 5.69 Å². The second kappa shape index (κ2) is 10.7. The number of benzene rings is 2. The highest BCUT2D eigenvalue weighted by Crippen LogP contribution is 2.25. The summed E-state index contributed by atoms with van der Waals surface area (Å²) >= 11 is 0. The van der Waals surface area contributed by atoms with Crippen LogP contribution in [0.4, 0.5) is 0 Å². The number of hydrogen-bond donors (Lipinski definition) is 1. The Balaban J connectivity index is 1.48. The average Bonchev–Trinajstić information content (AvgIpc) is 3.33. The van der Waals surface area contributed by atoms with Gasteiger partial charge in [-0.2, -0.15) is 0 Å². The highest BCUT2D eigenvalue weighted by atomic mass is 16.3. The standard InChI is InChI=1S/C27H28N4O2/c1-20-9-6-7-13-24(20)17-31(21(2)23-11-4-3-5-12-23)18-26-30-25(19-33-26)27(32)29-16-22-10-8-14-28-15-22/h3-15,19,21H,16-18H2,1-2H3,(H,29,32)/t21-/m0/s1. The van der Waals surface area contributed by atoms with Crippen molar-refractivity contribution in [3.8, 4) is 0 Å². The van der Waals surface area contributed by atoms with Crippen molar-refractivity contribution in [1.82, 2.24) is 20.2 Å². The third-order valence-electron chi connectivity index (χ3n) is 5.76. The van der Waals surface area contributed by atoms with E-state index in [1.165, 1.54) is 23.0 Å². The van der Waals surface area contributed by atoms with Gasteiger partial charge in [0.25, 0.3) is 5.91 Å². The molecule has 0 radical (unpaired) electrons. The molecule has 2 aromatic carbocycles. The van der Waals surface area contributed by atoms with Gasteiger partial charge in [-0.15, -0.1) is 0 Å². The number of pyridine rings is 1. The monoisotopic (exact) mass is 440 g/mol. The van der Waals surface area contributed by atoms with Crippen LogP contribution >= 0.6 is 0 Å². The second-order valence-corrected chi connectivity index (χ2v) is 8.09. The lowest BCUT2D eigenvalue weighted by Gasteiger charge is -2.29. The van der Waals surface area contributed by atoms with Gasteiger partial charge in [0, 0.05) is 31.5 Å². The Morgan fingerprint density at radius 2 is 1.82 bits per heavy atom. The molecule has 4 aromatic rings. The van der Waals surface area contributed by atoms with Crippen LogP contribution < -0.4 is 5.32 Å². The third-order valence-corrected chi connectivity index (χ3v) is 5.76. The van der Waals surface area contributed by atoms with Crippen molar-refractivity contribution in [3.63, 3.8) is 0 Å². The van der Waals surface area contributed by atoms with Crippen molar-refractivity contribution in [1.29, 1.82) is 0 Å². The molecule has 1 atom stereocenters. The van der Waals surface area contributed by atoms with E-state index in [2.05, 4.69) is 64.4 Å². The maximum atomic E-state index is 12.5. The zero-order valence-electron chi connectivity index (χ0n) is 18.9. The lowest BCUT2D eigenvalue weighted by Crippen LogP contribution is -2.27. The third kappa shape index (κ3) is 5.93. The molecule has 0 aliphatic rings. The minimum atomic E-state index is -0.268. The minimum Gasteiger partial charge on any atom is -0.447 e. The van der Waals surface area contributed by atoms with Crippen LogP contribution in [0.2, 0.25) is 0 Å². The highest BCUT2D eigenvalue weighted by Gasteiger charge is 2.21. The van der Waals surface area contributed by atoms with Crippen LogP contribution in [0, 0.1) is 6.92 Å². The number of rotatable bonds is 9. The van der Waals surface area contributed by atoms with Crippen LogP contribution in [0.15, 0.2) is 89.8 Å². The number of nitrogens with zero attached hydrogens (tertiary/aromatic N) is 3. The molecule has 0 spiro atoms. The minimum absolute atomic E-state index is 0.139. The van der Waals surface area contributed by atoms with E-state index in [0.717, 1.165) is 12.1 Å². The molecule has 0 aliphatic carbocycles. The molecule has 6 nitrogen and oxygen atoms in total. The summed E-state index contributed by atoms with van der Waals surface area (Å²) in [7, 11) is 0. The summed E-state index contributed by atoms with van der Waals surface area (Å²) in [6.07, 6.45) is 4.85. The van der Waals surface area contributed by atoms with Crippen LogP contribution in [0.5, 0.6) is 0 Å². The van der Waals surface area contributed by atoms with E-state index >= 15 is 0 Å². The molecule has 0 unspecified atom stereocenters. The van der Waals surface area contributed by atoms with E-state index in [1.807, 2.05) is 36.4 Å². The fraction of sp³-hybridized carbons (Fsp3) is 0.222. The van der Waals surface area contributed by atoms with Crippen molar-refractivity contribution in [2.45, 2.75) is 39.5 Å². The summed E-state index contributed by atoms with van der Waals surface area (Å²) < 4.78 is 5.70. The fourth-order valence-electron chi connectivity index (χ4n) is 3.72. The van der Waals surface area contributed by atoms with Crippen LogP contribution in [0.1, 0.15) is 51.6 Å². The first-order valence-electron chi connectivity index (χ1n) is 11.0. The first-order chi connectivity index (χ1) is 16.1. The molecule has 0 aliphatic heterocycles. The molecular formula is C27H28N4O2. The van der Waals surface area contributed by atoms with Crippen molar-refractivity contribution >= 4 is 5.91 Å². The highest BCUT2D eigenvalue weighted by molar-refractivity contribution is 5.91. The van der Waals surface area contributed by atoms with E-state index in [0.29, 0.717) is 19.0 Å². The molecular weight excluding hydrogens is 412 g/mol. The van der Waals surface area contributed by atoms with Gasteiger partial charge in [-0.05, 0) is 42.2 Å². The largest absolute Gasteiger partial charge is 0.447 e. The van der Waals surface area contributed by atoms with Crippen LogP contribution in [-0.2, 0) is 19.6 Å². The molecule has 4 rings (SSSR count). The van der Waals surface area contributed by atoms with Crippen molar-refractivity contribution in [2.75, 3.05) is 0 Å². The predicted octanol–water partition coefficient (Wildman–Crippen LogP) is 5.07. The van der Waals surface area contributed by atoms with Gasteiger partial charge in [-0.25, -0.2) is 4.98 Å². The second-order valence-electron chi connectivity index (χ2n) is 8.09. The molecule has 0 fully saturated rings. The van der Waals surface area contributed by atoms with Crippen molar-refractivity contribution < 1.29 is 9.21 Å². The molecule has 168 valence electrons. The van der Waals surface area contributed by atoms with Crippen molar-refractivity contribution in [2.24, 2.45) is 0 Å². The average molecular weight is 441 g/mol. The van der Waals surface area contributed by atoms with Crippen LogP contribution in [0.25, 0.3) is 0 Å². The van der Waals surface area contributed by atoms with E-state index in [4.69, 9.17) is 4.42 Å². The Bertz CT molecular complexity index is 1170. The lowest BCUT2D eigenvalue weighted by molar-refractivity contribution is 0.0945.